The quantitative estimate of drug-likeness (QED) is 0.172. The predicted octanol–water partition coefficient (Wildman–Crippen LogP) is 7.58. The molecule has 0 fully saturated rings. The van der Waals surface area contributed by atoms with Crippen molar-refractivity contribution in [2.24, 2.45) is 0 Å². The first-order valence-corrected chi connectivity index (χ1v) is 12.3. The van der Waals surface area contributed by atoms with Gasteiger partial charge in [0.25, 0.3) is 0 Å². The molecule has 164 valence electrons. The summed E-state index contributed by atoms with van der Waals surface area (Å²) in [5, 5.41) is 5.34. The highest BCUT2D eigenvalue weighted by atomic mass is 16.5. The highest BCUT2D eigenvalue weighted by Gasteiger charge is 2.53. The van der Waals surface area contributed by atoms with Gasteiger partial charge >= 0.3 is 0 Å². The van der Waals surface area contributed by atoms with Crippen LogP contribution in [-0.2, 0) is 5.41 Å². The van der Waals surface area contributed by atoms with Crippen molar-refractivity contribution in [1.82, 2.24) is 0 Å². The first-order chi connectivity index (χ1) is 16.9. The maximum absolute atomic E-state index is 6.47. The summed E-state index contributed by atoms with van der Waals surface area (Å²) < 4.78 is 6.47. The van der Waals surface area contributed by atoms with E-state index in [0.29, 0.717) is 0 Å². The van der Waals surface area contributed by atoms with Crippen LogP contribution in [0.5, 0.6) is 5.75 Å². The number of hydrogen-bond donors (Lipinski definition) is 0. The van der Waals surface area contributed by atoms with Crippen LogP contribution >= 0.6 is 0 Å². The van der Waals surface area contributed by atoms with E-state index in [1.54, 1.807) is 0 Å². The summed E-state index contributed by atoms with van der Waals surface area (Å²) in [6, 6.07) is 27.1. The Morgan fingerprint density at radius 3 is 2.03 bits per heavy atom. The van der Waals surface area contributed by atoms with Crippen LogP contribution in [-0.4, -0.2) is 13.3 Å². The van der Waals surface area contributed by atoms with Crippen molar-refractivity contribution >= 4 is 35.5 Å². The predicted molar refractivity (Wildman–Crippen MR) is 146 cm³/mol. The van der Waals surface area contributed by atoms with Crippen LogP contribution < -0.4 is 4.74 Å². The molecule has 0 aromatic heterocycles. The second kappa shape index (κ2) is 6.07. The molecule has 1 spiro atoms. The molecule has 0 N–H and O–H groups in total. The molecule has 2 aliphatic carbocycles. The lowest BCUT2D eigenvalue weighted by atomic mass is 9.67. The summed E-state index contributed by atoms with van der Waals surface area (Å²) in [6.45, 7) is 6.33. The van der Waals surface area contributed by atoms with Gasteiger partial charge in [-0.25, -0.2) is 0 Å². The maximum Gasteiger partial charge on any atom is 0.137 e. The Morgan fingerprint density at radius 1 is 0.714 bits per heavy atom. The molecule has 1 aliphatic heterocycles. The van der Waals surface area contributed by atoms with Crippen LogP contribution in [0.15, 0.2) is 78.9 Å². The SMILES string of the molecule is [B]C1(C)C=Cc2c(c(C)c(C)c3c2C2(c4ccccc4-3)c3cccc4ccc5cccc2c5c34)O1. The number of hydrogen-bond acceptors (Lipinski definition) is 1. The molecule has 0 bridgehead atoms. The molecule has 5 aromatic carbocycles. The van der Waals surface area contributed by atoms with Crippen LogP contribution in [0.2, 0.25) is 0 Å². The molecule has 0 saturated heterocycles. The van der Waals surface area contributed by atoms with Crippen molar-refractivity contribution in [2.75, 3.05) is 0 Å². The fraction of sp³-hybridized carbons (Fsp3) is 0.152. The van der Waals surface area contributed by atoms with Crippen molar-refractivity contribution < 1.29 is 4.74 Å². The van der Waals surface area contributed by atoms with Crippen LogP contribution in [0.25, 0.3) is 38.7 Å². The third kappa shape index (κ3) is 2.09. The van der Waals surface area contributed by atoms with Crippen molar-refractivity contribution in [3.63, 3.8) is 0 Å². The van der Waals surface area contributed by atoms with E-state index < -0.39 is 10.9 Å². The fourth-order valence-electron chi connectivity index (χ4n) is 7.16. The normalized spacial score (nSPS) is 19.9. The molecule has 0 saturated carbocycles. The van der Waals surface area contributed by atoms with Gasteiger partial charge in [0.1, 0.15) is 13.6 Å². The third-order valence-corrected chi connectivity index (χ3v) is 8.61. The molecule has 1 atom stereocenters. The van der Waals surface area contributed by atoms with E-state index in [1.807, 2.05) is 13.0 Å². The van der Waals surface area contributed by atoms with Crippen LogP contribution in [0.4, 0.5) is 0 Å². The minimum Gasteiger partial charge on any atom is -0.493 e. The number of rotatable bonds is 0. The summed E-state index contributed by atoms with van der Waals surface area (Å²) in [5.41, 5.74) is 10.5. The zero-order valence-corrected chi connectivity index (χ0v) is 20.1. The first-order valence-electron chi connectivity index (χ1n) is 12.3. The van der Waals surface area contributed by atoms with Gasteiger partial charge in [-0.3, -0.25) is 0 Å². The molecule has 1 heterocycles. The van der Waals surface area contributed by atoms with Crippen LogP contribution in [0.3, 0.4) is 0 Å². The molecule has 1 nitrogen and oxygen atoms in total. The van der Waals surface area contributed by atoms with Crippen molar-refractivity contribution in [3.05, 3.63) is 118 Å². The Labute approximate surface area is 206 Å². The Bertz CT molecular complexity index is 1760. The van der Waals surface area contributed by atoms with E-state index in [4.69, 9.17) is 12.6 Å². The number of ether oxygens (including phenoxy) is 1. The lowest BCUT2D eigenvalue weighted by Gasteiger charge is -2.36. The fourth-order valence-corrected chi connectivity index (χ4v) is 7.16. The topological polar surface area (TPSA) is 9.23 Å². The van der Waals surface area contributed by atoms with E-state index in [-0.39, 0.29) is 0 Å². The molecule has 1 unspecified atom stereocenters. The number of fused-ring (bicyclic) bond motifs is 9. The van der Waals surface area contributed by atoms with Gasteiger partial charge in [-0.2, -0.15) is 0 Å². The summed E-state index contributed by atoms with van der Waals surface area (Å²) in [4.78, 5) is 0. The van der Waals surface area contributed by atoms with Crippen LogP contribution in [0.1, 0.15) is 45.9 Å². The average molecular weight is 446 g/mol. The van der Waals surface area contributed by atoms with Gasteiger partial charge in [0.15, 0.2) is 0 Å². The summed E-state index contributed by atoms with van der Waals surface area (Å²) in [5.74, 6) is 0.913. The average Bonchev–Trinajstić information content (AvgIpc) is 3.34. The lowest BCUT2D eigenvalue weighted by molar-refractivity contribution is 0.222. The van der Waals surface area contributed by atoms with E-state index in [9.17, 15) is 0 Å². The lowest BCUT2D eigenvalue weighted by Crippen LogP contribution is -2.34. The van der Waals surface area contributed by atoms with Gasteiger partial charge in [-0.15, -0.1) is 0 Å². The van der Waals surface area contributed by atoms with Crippen LogP contribution in [0, 0.1) is 13.8 Å². The standard InChI is InChI=1S/C33H23BO/c1-18-19(2)31-23(16-17-32(3,34)35-31)30-27(18)22-10-4-5-11-24(22)33(30)25-12-6-8-20-14-15-21-9-7-13-26(33)29(21)28(20)25/h4-17H,1-3H3. The molecule has 3 aliphatic rings. The Hall–Kier alpha value is -3.78. The minimum atomic E-state index is -0.824. The highest BCUT2D eigenvalue weighted by Crippen LogP contribution is 2.65. The number of benzene rings is 5. The molecule has 0 amide bonds. The van der Waals surface area contributed by atoms with Crippen molar-refractivity contribution in [3.8, 4) is 16.9 Å². The van der Waals surface area contributed by atoms with Crippen molar-refractivity contribution in [2.45, 2.75) is 31.7 Å². The largest absolute Gasteiger partial charge is 0.493 e. The molecular weight excluding hydrogens is 423 g/mol. The Balaban J connectivity index is 1.66. The monoisotopic (exact) mass is 446 g/mol. The van der Waals surface area contributed by atoms with E-state index >= 15 is 0 Å². The molecular formula is C33H23BO. The second-order valence-corrected chi connectivity index (χ2v) is 10.5. The highest BCUT2D eigenvalue weighted by molar-refractivity contribution is 6.18. The summed E-state index contributed by atoms with van der Waals surface area (Å²) in [6.07, 6.45) is 4.21. The van der Waals surface area contributed by atoms with Gasteiger partial charge in [-0.05, 0) is 86.8 Å². The van der Waals surface area contributed by atoms with Gasteiger partial charge in [0.05, 0.1) is 10.9 Å². The van der Waals surface area contributed by atoms with Crippen molar-refractivity contribution in [1.29, 1.82) is 0 Å². The molecule has 5 aromatic rings. The second-order valence-electron chi connectivity index (χ2n) is 10.5. The Kier molecular flexibility index (Phi) is 3.38. The van der Waals surface area contributed by atoms with E-state index in [0.717, 1.165) is 11.3 Å². The van der Waals surface area contributed by atoms with Gasteiger partial charge in [0.2, 0.25) is 0 Å². The third-order valence-electron chi connectivity index (χ3n) is 8.61. The first kappa shape index (κ1) is 19.5. The molecule has 2 heteroatoms. The molecule has 8 rings (SSSR count). The molecule has 2 radical (unpaired) electrons. The smallest absolute Gasteiger partial charge is 0.137 e. The van der Waals surface area contributed by atoms with Gasteiger partial charge in [-0.1, -0.05) is 84.9 Å². The maximum atomic E-state index is 6.47. The van der Waals surface area contributed by atoms with E-state index in [1.165, 1.54) is 66.1 Å². The minimum absolute atomic E-state index is 0.396. The van der Waals surface area contributed by atoms with E-state index in [2.05, 4.69) is 92.7 Å². The zero-order valence-electron chi connectivity index (χ0n) is 20.1. The summed E-state index contributed by atoms with van der Waals surface area (Å²) in [7, 11) is 6.47. The Morgan fingerprint density at radius 2 is 1.34 bits per heavy atom. The van der Waals surface area contributed by atoms with Gasteiger partial charge in [0, 0.05) is 5.56 Å². The molecule has 35 heavy (non-hydrogen) atoms. The zero-order chi connectivity index (χ0) is 23.7. The van der Waals surface area contributed by atoms with Gasteiger partial charge < -0.3 is 4.74 Å². The summed E-state index contributed by atoms with van der Waals surface area (Å²) >= 11 is 0.